The molecule has 0 aliphatic carbocycles. The van der Waals surface area contributed by atoms with E-state index in [0.717, 1.165) is 44.9 Å². The van der Waals surface area contributed by atoms with Crippen molar-refractivity contribution in [3.63, 3.8) is 0 Å². The third kappa shape index (κ3) is 19.3. The second kappa shape index (κ2) is 18.3. The molecule has 0 aliphatic rings. The molecule has 4 N–H and O–H groups in total. The molecule has 0 aromatic heterocycles. The number of nitrogens with zero attached hydrogens (tertiary/aromatic N) is 1. The molecule has 0 aliphatic heterocycles. The molecule has 0 atom stereocenters. The van der Waals surface area contributed by atoms with Crippen LogP contribution in [0.25, 0.3) is 0 Å². The van der Waals surface area contributed by atoms with Crippen molar-refractivity contribution in [2.75, 3.05) is 45.8 Å². The van der Waals surface area contributed by atoms with Gasteiger partial charge in [-0.05, 0) is 18.9 Å². The maximum atomic E-state index is 11.1. The zero-order valence-corrected chi connectivity index (χ0v) is 15.5. The van der Waals surface area contributed by atoms with Crippen molar-refractivity contribution in [2.24, 2.45) is 4.99 Å². The van der Waals surface area contributed by atoms with Crippen LogP contribution in [0.4, 0.5) is 0 Å². The molecule has 0 fully saturated rings. The molecule has 0 bridgehead atoms. The van der Waals surface area contributed by atoms with Gasteiger partial charge in [0.25, 0.3) is 0 Å². The molecule has 0 aromatic rings. The summed E-state index contributed by atoms with van der Waals surface area (Å²) in [5, 5.41) is 29.1. The summed E-state index contributed by atoms with van der Waals surface area (Å²) in [6.07, 6.45) is 5.81. The minimum atomic E-state index is -1.15. The Bertz CT molecular complexity index is 360. The Morgan fingerprint density at radius 2 is 1.68 bits per heavy atom. The first-order valence-electron chi connectivity index (χ1n) is 7.02. The molecule has 7 nitrogen and oxygen atoms in total. The van der Waals surface area contributed by atoms with Crippen molar-refractivity contribution in [1.29, 1.82) is 0 Å². The van der Waals surface area contributed by atoms with Crippen molar-refractivity contribution in [3.05, 3.63) is 24.3 Å². The van der Waals surface area contributed by atoms with E-state index in [4.69, 9.17) is 5.11 Å². The van der Waals surface area contributed by atoms with Gasteiger partial charge in [0.1, 0.15) is 0 Å². The van der Waals surface area contributed by atoms with Crippen LogP contribution in [-0.2, 0) is 4.79 Å². The van der Waals surface area contributed by atoms with E-state index >= 15 is 0 Å². The minimum Gasteiger partial charge on any atom is -0.859 e. The molecule has 0 saturated heterocycles. The Hall–Kier alpha value is -0.700. The minimum absolute atomic E-state index is 0. The van der Waals surface area contributed by atoms with Crippen LogP contribution in [0.15, 0.2) is 29.3 Å². The van der Waals surface area contributed by atoms with Gasteiger partial charge < -0.3 is 26.2 Å². The van der Waals surface area contributed by atoms with Gasteiger partial charge in [0.2, 0.25) is 0 Å². The monoisotopic (exact) mass is 320 g/mol. The summed E-state index contributed by atoms with van der Waals surface area (Å²) < 4.78 is 0. The van der Waals surface area contributed by atoms with E-state index < -0.39 is 11.9 Å². The van der Waals surface area contributed by atoms with Gasteiger partial charge in [-0.3, -0.25) is 4.99 Å². The molecule has 120 valence electrons. The molecule has 0 heterocycles. The van der Waals surface area contributed by atoms with E-state index in [9.17, 15) is 9.90 Å². The molecule has 22 heavy (non-hydrogen) atoms. The number of nitrogens with one attached hydrogen (secondary N) is 3. The Morgan fingerprint density at radius 3 is 2.27 bits per heavy atom. The fraction of sp³-hybridized carbons (Fsp3) is 0.571. The third-order valence-electron chi connectivity index (χ3n) is 2.38. The van der Waals surface area contributed by atoms with Gasteiger partial charge in [0.15, 0.2) is 0 Å². The molecule has 0 amide bonds. The predicted molar refractivity (Wildman–Crippen MR) is 82.5 cm³/mol. The van der Waals surface area contributed by atoms with Gasteiger partial charge in [-0.15, -0.1) is 0 Å². The molecule has 0 radical (unpaired) electrons. The van der Waals surface area contributed by atoms with Crippen LogP contribution in [0.2, 0.25) is 0 Å². The number of hydrogen-bond acceptors (Lipinski definition) is 6. The van der Waals surface area contributed by atoms with Crippen molar-refractivity contribution < 1.29 is 44.6 Å². The van der Waals surface area contributed by atoms with E-state index in [1.54, 1.807) is 0 Å². The van der Waals surface area contributed by atoms with Gasteiger partial charge in [-0.1, -0.05) is 12.2 Å². The zero-order chi connectivity index (χ0) is 15.8. The third-order valence-corrected chi connectivity index (χ3v) is 2.38. The smallest absolute Gasteiger partial charge is 0.859 e. The van der Waals surface area contributed by atoms with E-state index in [-0.39, 0.29) is 29.6 Å². The molecule has 0 spiro atoms. The van der Waals surface area contributed by atoms with Crippen LogP contribution in [-0.4, -0.2) is 62.8 Å². The van der Waals surface area contributed by atoms with Gasteiger partial charge in [0, 0.05) is 45.3 Å². The summed E-state index contributed by atoms with van der Waals surface area (Å²) in [5.41, 5.74) is 0. The number of carboxylic acid groups (broad SMARTS) is 1. The number of carboxylic acids is 1. The van der Waals surface area contributed by atoms with Crippen LogP contribution in [0, 0.1) is 0 Å². The second-order valence-electron chi connectivity index (χ2n) is 4.16. The van der Waals surface area contributed by atoms with Gasteiger partial charge in [-0.25, -0.2) is 4.79 Å². The van der Waals surface area contributed by atoms with Gasteiger partial charge in [-0.2, -0.15) is 0 Å². The van der Waals surface area contributed by atoms with Crippen LogP contribution in [0.1, 0.15) is 6.92 Å². The van der Waals surface area contributed by atoms with E-state index in [0.29, 0.717) is 13.1 Å². The Balaban J connectivity index is 0. The first-order chi connectivity index (χ1) is 10.2. The van der Waals surface area contributed by atoms with E-state index in [1.807, 2.05) is 13.0 Å². The van der Waals surface area contributed by atoms with Crippen LogP contribution in [0.3, 0.4) is 0 Å². The van der Waals surface area contributed by atoms with E-state index in [1.165, 1.54) is 0 Å². The average Bonchev–Trinajstić information content (AvgIpc) is 2.46. The number of allylic oxidation sites excluding steroid dienone is 1. The number of carbonyl (C=O) groups is 1. The topological polar surface area (TPSA) is 109 Å². The maximum Gasteiger partial charge on any atom is 1.00 e. The summed E-state index contributed by atoms with van der Waals surface area (Å²) in [6, 6.07) is 0. The fourth-order valence-corrected chi connectivity index (χ4v) is 1.35. The van der Waals surface area contributed by atoms with Gasteiger partial charge >= 0.3 is 35.5 Å². The number of aliphatic imine (C=N–C) groups is 1. The van der Waals surface area contributed by atoms with Crippen molar-refractivity contribution >= 4 is 11.9 Å². The van der Waals surface area contributed by atoms with Crippen LogP contribution in [0.5, 0.6) is 0 Å². The first kappa shape index (κ1) is 23.6. The summed E-state index contributed by atoms with van der Waals surface area (Å²) in [7, 11) is 0. The second-order valence-corrected chi connectivity index (χ2v) is 4.16. The predicted octanol–water partition coefficient (Wildman–Crippen LogP) is -4.27. The van der Waals surface area contributed by atoms with Gasteiger partial charge in [0.05, 0.1) is 6.54 Å². The summed E-state index contributed by atoms with van der Waals surface area (Å²) in [5.74, 6) is -1.67. The SMILES string of the molecule is C/C=C/CNCCNCCNCCN=C([O-])/C=C/C(=O)O.[Na+]. The average molecular weight is 320 g/mol. The number of rotatable bonds is 13. The quantitative estimate of drug-likeness (QED) is 0.0683. The molecule has 0 aromatic carbocycles. The molecule has 8 heteroatoms. The molecular formula is C14H25N4NaO3. The maximum absolute atomic E-state index is 11.1. The number of aliphatic carboxylic acids is 1. The van der Waals surface area contributed by atoms with E-state index in [2.05, 4.69) is 27.0 Å². The Kier molecular flexibility index (Phi) is 19.7. The summed E-state index contributed by atoms with van der Waals surface area (Å²) in [4.78, 5) is 13.9. The molecule has 0 rings (SSSR count). The first-order valence-corrected chi connectivity index (χ1v) is 7.02. The molecule has 0 unspecified atom stereocenters. The largest absolute Gasteiger partial charge is 1.00 e. The summed E-state index contributed by atoms with van der Waals surface area (Å²) >= 11 is 0. The molecular weight excluding hydrogens is 295 g/mol. The Morgan fingerprint density at radius 1 is 1.09 bits per heavy atom. The number of hydrogen-bond donors (Lipinski definition) is 4. The zero-order valence-electron chi connectivity index (χ0n) is 13.5. The van der Waals surface area contributed by atoms with Crippen LogP contribution < -0.4 is 50.6 Å². The normalized spacial score (nSPS) is 12.0. The summed E-state index contributed by atoms with van der Waals surface area (Å²) in [6.45, 7) is 7.28. The van der Waals surface area contributed by atoms with Crippen molar-refractivity contribution in [3.8, 4) is 0 Å². The Labute approximate surface area is 154 Å². The fourth-order valence-electron chi connectivity index (χ4n) is 1.35. The van der Waals surface area contributed by atoms with Crippen molar-refractivity contribution in [2.45, 2.75) is 6.92 Å². The standard InChI is InChI=1S/C14H26N4O3.Na/c1-2-3-6-15-7-8-16-9-10-17-11-12-18-13(19)4-5-14(20)21;/h2-5,15-17H,6-12H2,1H3,(H,18,19)(H,20,21);/q;+1/p-1/b3-2+,5-4+;. The molecule has 0 saturated carbocycles. The van der Waals surface area contributed by atoms with Crippen LogP contribution >= 0.6 is 0 Å². The van der Waals surface area contributed by atoms with Crippen molar-refractivity contribution in [1.82, 2.24) is 16.0 Å².